The summed E-state index contributed by atoms with van der Waals surface area (Å²) in [6, 6.07) is -1.15. The van der Waals surface area contributed by atoms with Crippen LogP contribution in [0.1, 0.15) is 60.3 Å². The SMILES string of the molecule is CCCOC(C)(C)CCOC(C)(CC)CCOC(=O)CNC(=O)CNC(=O)CNC(=O)CNC(=O)[C@@H](N)CO. The number of nitrogens with one attached hydrogen (secondary N) is 4. The highest BCUT2D eigenvalue weighted by atomic mass is 16.5. The lowest BCUT2D eigenvalue weighted by Gasteiger charge is -2.31. The molecule has 0 saturated carbocycles. The van der Waals surface area contributed by atoms with Gasteiger partial charge in [0.1, 0.15) is 12.6 Å². The minimum atomic E-state index is -1.15. The average Bonchev–Trinajstić information content (AvgIpc) is 2.90. The molecule has 0 aliphatic carbocycles. The molecule has 0 radical (unpaired) electrons. The maximum atomic E-state index is 12.0. The lowest BCUT2D eigenvalue weighted by Crippen LogP contribution is -2.48. The van der Waals surface area contributed by atoms with Crippen molar-refractivity contribution in [3.05, 3.63) is 0 Å². The van der Waals surface area contributed by atoms with Crippen molar-refractivity contribution in [2.24, 2.45) is 5.73 Å². The smallest absolute Gasteiger partial charge is 0.325 e. The zero-order valence-corrected chi connectivity index (χ0v) is 23.9. The maximum absolute atomic E-state index is 12.0. The number of esters is 1. The molecule has 14 heteroatoms. The van der Waals surface area contributed by atoms with Crippen molar-refractivity contribution in [1.29, 1.82) is 0 Å². The van der Waals surface area contributed by atoms with Gasteiger partial charge in [0.05, 0.1) is 50.7 Å². The van der Waals surface area contributed by atoms with Crippen molar-refractivity contribution in [2.75, 3.05) is 52.6 Å². The molecular formula is C25H47N5O9. The standard InChI is InChI=1S/C25H47N5O9/c1-6-10-38-24(3,4)8-12-39-25(5,7-2)9-11-37-22(35)16-29-20(33)14-27-19(32)13-28-21(34)15-30-23(36)18(26)17-31/h18,31H,6-17,26H2,1-5H3,(H,27,32)(H,28,34)(H,29,33)(H,30,36)/t18-,25?/m0/s1. The van der Waals surface area contributed by atoms with Gasteiger partial charge in [-0.15, -0.1) is 0 Å². The van der Waals surface area contributed by atoms with Crippen molar-refractivity contribution in [3.63, 3.8) is 0 Å². The molecule has 0 saturated heterocycles. The first-order valence-electron chi connectivity index (χ1n) is 13.1. The second-order valence-corrected chi connectivity index (χ2v) is 9.82. The van der Waals surface area contributed by atoms with Crippen LogP contribution in [0, 0.1) is 0 Å². The molecule has 0 heterocycles. The first kappa shape index (κ1) is 36.2. The third-order valence-corrected chi connectivity index (χ3v) is 5.77. The summed E-state index contributed by atoms with van der Waals surface area (Å²) in [4.78, 5) is 58.6. The van der Waals surface area contributed by atoms with E-state index in [9.17, 15) is 24.0 Å². The number of nitrogens with two attached hydrogens (primary N) is 1. The summed E-state index contributed by atoms with van der Waals surface area (Å²) in [6.45, 7) is 9.17. The van der Waals surface area contributed by atoms with Gasteiger partial charge in [0.2, 0.25) is 23.6 Å². The molecular weight excluding hydrogens is 514 g/mol. The topological polar surface area (TPSA) is 207 Å². The number of carbonyl (C=O) groups excluding carboxylic acids is 5. The van der Waals surface area contributed by atoms with Gasteiger partial charge in [-0.1, -0.05) is 13.8 Å². The lowest BCUT2D eigenvalue weighted by molar-refractivity contribution is -0.146. The average molecular weight is 562 g/mol. The first-order valence-corrected chi connectivity index (χ1v) is 13.1. The van der Waals surface area contributed by atoms with Crippen molar-refractivity contribution >= 4 is 29.6 Å². The molecule has 1 unspecified atom stereocenters. The quantitative estimate of drug-likeness (QED) is 0.0892. The summed E-state index contributed by atoms with van der Waals surface area (Å²) < 4.78 is 17.1. The van der Waals surface area contributed by atoms with E-state index in [1.165, 1.54) is 0 Å². The fourth-order valence-electron chi connectivity index (χ4n) is 2.87. The molecule has 4 amide bonds. The summed E-state index contributed by atoms with van der Waals surface area (Å²) in [6.07, 6.45) is 2.89. The monoisotopic (exact) mass is 561 g/mol. The third kappa shape index (κ3) is 18.2. The highest BCUT2D eigenvalue weighted by molar-refractivity contribution is 5.91. The van der Waals surface area contributed by atoms with E-state index in [0.717, 1.165) is 19.3 Å². The molecule has 0 aliphatic rings. The van der Waals surface area contributed by atoms with Crippen LogP contribution in [0.3, 0.4) is 0 Å². The molecule has 0 aromatic rings. The van der Waals surface area contributed by atoms with Crippen molar-refractivity contribution in [2.45, 2.75) is 77.5 Å². The van der Waals surface area contributed by atoms with E-state index in [4.69, 9.17) is 25.1 Å². The van der Waals surface area contributed by atoms with Crippen molar-refractivity contribution < 1.29 is 43.3 Å². The molecule has 0 bridgehead atoms. The fourth-order valence-corrected chi connectivity index (χ4v) is 2.87. The van der Waals surface area contributed by atoms with Crippen molar-refractivity contribution in [3.8, 4) is 0 Å². The zero-order valence-electron chi connectivity index (χ0n) is 23.9. The van der Waals surface area contributed by atoms with Crippen LogP contribution in [-0.2, 0) is 38.2 Å². The van der Waals surface area contributed by atoms with Gasteiger partial charge < -0.3 is 46.3 Å². The molecule has 0 aliphatic heterocycles. The van der Waals surface area contributed by atoms with Crippen LogP contribution < -0.4 is 27.0 Å². The Morgan fingerprint density at radius 1 is 0.769 bits per heavy atom. The zero-order chi connectivity index (χ0) is 29.9. The number of hydrogen-bond donors (Lipinski definition) is 6. The van der Waals surface area contributed by atoms with Crippen molar-refractivity contribution in [1.82, 2.24) is 21.3 Å². The second-order valence-electron chi connectivity index (χ2n) is 9.82. The predicted octanol–water partition coefficient (Wildman–Crippen LogP) is -1.52. The Morgan fingerprint density at radius 2 is 1.31 bits per heavy atom. The Labute approximate surface area is 230 Å². The van der Waals surface area contributed by atoms with Gasteiger partial charge >= 0.3 is 5.97 Å². The molecule has 2 atom stereocenters. The Balaban J connectivity index is 4.12. The molecule has 0 aromatic heterocycles. The molecule has 226 valence electrons. The number of aliphatic hydroxyl groups excluding tert-OH is 1. The number of hydrogen-bond acceptors (Lipinski definition) is 10. The summed E-state index contributed by atoms with van der Waals surface area (Å²) >= 11 is 0. The highest BCUT2D eigenvalue weighted by Crippen LogP contribution is 2.23. The summed E-state index contributed by atoms with van der Waals surface area (Å²) in [5.41, 5.74) is 4.54. The maximum Gasteiger partial charge on any atom is 0.325 e. The molecule has 39 heavy (non-hydrogen) atoms. The highest BCUT2D eigenvalue weighted by Gasteiger charge is 2.26. The van der Waals surface area contributed by atoms with E-state index >= 15 is 0 Å². The molecule has 7 N–H and O–H groups in total. The predicted molar refractivity (Wildman–Crippen MR) is 142 cm³/mol. The Morgan fingerprint density at radius 3 is 1.82 bits per heavy atom. The van der Waals surface area contributed by atoms with Gasteiger partial charge in [0.15, 0.2) is 0 Å². The number of rotatable bonds is 21. The molecule has 0 aromatic carbocycles. The second kappa shape index (κ2) is 19.3. The molecule has 0 fully saturated rings. The molecule has 0 spiro atoms. The van der Waals surface area contributed by atoms with Crippen LogP contribution in [-0.4, -0.2) is 105 Å². The van der Waals surface area contributed by atoms with E-state index in [1.54, 1.807) is 0 Å². The van der Waals surface area contributed by atoms with Gasteiger partial charge in [-0.3, -0.25) is 24.0 Å². The van der Waals surface area contributed by atoms with Gasteiger partial charge in [-0.05, 0) is 40.0 Å². The first-order chi connectivity index (χ1) is 18.3. The van der Waals surface area contributed by atoms with E-state index < -0.39 is 67.5 Å². The fraction of sp³-hybridized carbons (Fsp3) is 0.800. The van der Waals surface area contributed by atoms with Crippen LogP contribution in [0.4, 0.5) is 0 Å². The van der Waals surface area contributed by atoms with Crippen LogP contribution in [0.15, 0.2) is 0 Å². The number of aliphatic hydroxyl groups is 1. The lowest BCUT2D eigenvalue weighted by atomic mass is 9.99. The Hall–Kier alpha value is -2.81. The minimum absolute atomic E-state index is 0.123. The Bertz CT molecular complexity index is 794. The van der Waals surface area contributed by atoms with Crippen LogP contribution in [0.25, 0.3) is 0 Å². The van der Waals surface area contributed by atoms with Gasteiger partial charge in [0.25, 0.3) is 0 Å². The van der Waals surface area contributed by atoms with Gasteiger partial charge in [-0.25, -0.2) is 0 Å². The van der Waals surface area contributed by atoms with E-state index in [-0.39, 0.29) is 18.8 Å². The van der Waals surface area contributed by atoms with Gasteiger partial charge in [-0.2, -0.15) is 0 Å². The van der Waals surface area contributed by atoms with Crippen LogP contribution in [0.2, 0.25) is 0 Å². The third-order valence-electron chi connectivity index (χ3n) is 5.77. The summed E-state index contributed by atoms with van der Waals surface area (Å²) in [5, 5.41) is 17.8. The number of carbonyl (C=O) groups is 5. The molecule has 14 nitrogen and oxygen atoms in total. The normalized spacial score (nSPS) is 13.5. The van der Waals surface area contributed by atoms with E-state index in [0.29, 0.717) is 19.6 Å². The van der Waals surface area contributed by atoms with E-state index in [1.807, 2.05) is 27.7 Å². The minimum Gasteiger partial charge on any atom is -0.464 e. The largest absolute Gasteiger partial charge is 0.464 e. The number of ether oxygens (including phenoxy) is 3. The van der Waals surface area contributed by atoms with Gasteiger partial charge in [0, 0.05) is 13.0 Å². The number of amides is 4. The summed E-state index contributed by atoms with van der Waals surface area (Å²) in [7, 11) is 0. The Kier molecular flexibility index (Phi) is 17.9. The van der Waals surface area contributed by atoms with E-state index in [2.05, 4.69) is 28.2 Å². The van der Waals surface area contributed by atoms with Crippen LogP contribution >= 0.6 is 0 Å². The summed E-state index contributed by atoms with van der Waals surface area (Å²) in [5.74, 6) is -3.28. The molecule has 0 rings (SSSR count). The van der Waals surface area contributed by atoms with Crippen LogP contribution in [0.5, 0.6) is 0 Å².